The molecule has 0 radical (unpaired) electrons. The predicted molar refractivity (Wildman–Crippen MR) is 15.4 cm³/mol. The number of hydrogen-bond acceptors (Lipinski definition) is 1. The Balaban J connectivity index is -0.0000000133. The van der Waals surface area contributed by atoms with E-state index in [2.05, 4.69) is 0 Å². The van der Waals surface area contributed by atoms with Gasteiger partial charge in [-0.3, -0.25) is 0 Å². The summed E-state index contributed by atoms with van der Waals surface area (Å²) in [6.45, 7) is 0. The molecule has 0 bridgehead atoms. The Morgan fingerprint density at radius 1 is 1.25 bits per heavy atom. The molecule has 0 fully saturated rings. The minimum absolute atomic E-state index is 0. The Labute approximate surface area is 80.7 Å². The van der Waals surface area contributed by atoms with Gasteiger partial charge in [-0.15, -0.1) is 0 Å². The molecule has 0 aliphatic heterocycles. The minimum Gasteiger partial charge on any atom is -1.00 e. The van der Waals surface area contributed by atoms with E-state index in [9.17, 15) is 0 Å². The van der Waals surface area contributed by atoms with E-state index in [1.807, 2.05) is 0 Å². The predicted octanol–water partition coefficient (Wildman–Crippen LogP) is -3.82. The van der Waals surface area contributed by atoms with E-state index >= 15 is 0 Å². The summed E-state index contributed by atoms with van der Waals surface area (Å²) in [7, 11) is -4.64. The van der Waals surface area contributed by atoms with Crippen LogP contribution in [0.1, 0.15) is 1.43 Å². The maximum absolute atomic E-state index is 8.88. The second kappa shape index (κ2) is 8.72. The van der Waals surface area contributed by atoms with Crippen LogP contribution < -0.4 is 18.9 Å². The first-order valence-electron chi connectivity index (χ1n) is 0.783. The van der Waals surface area contributed by atoms with Crippen LogP contribution in [0.3, 0.4) is 0 Å². The van der Waals surface area contributed by atoms with Crippen molar-refractivity contribution >= 4 is 7.82 Å². The van der Waals surface area contributed by atoms with Crippen molar-refractivity contribution in [1.29, 1.82) is 0 Å². The Hall–Kier alpha value is 1.72. The van der Waals surface area contributed by atoms with E-state index < -0.39 is 7.82 Å². The normalized spacial score (nSPS) is 7.38. The molecule has 0 aromatic carbocycles. The summed E-state index contributed by atoms with van der Waals surface area (Å²) < 4.78 is 8.88. The zero-order valence-corrected chi connectivity index (χ0v) is 6.85. The maximum Gasteiger partial charge on any atom is 1.00 e. The molecule has 0 amide bonds. The molecule has 4 nitrogen and oxygen atoms in total. The van der Waals surface area contributed by atoms with Gasteiger partial charge in [-0.05, 0) is 0 Å². The molecule has 0 atom stereocenters. The summed E-state index contributed by atoms with van der Waals surface area (Å²) in [5.74, 6) is 0. The minimum atomic E-state index is -4.64. The van der Waals surface area contributed by atoms with Gasteiger partial charge in [0.25, 0.3) is 0 Å². The van der Waals surface area contributed by atoms with Crippen molar-refractivity contribution in [3.05, 3.63) is 0 Å². The van der Waals surface area contributed by atoms with Crippen LogP contribution >= 0.6 is 7.82 Å². The Morgan fingerprint density at radius 3 is 1.25 bits per heavy atom. The third-order valence-electron chi connectivity index (χ3n) is 0. The first-order valence-corrected chi connectivity index (χ1v) is 2.35. The zero-order valence-electron chi connectivity index (χ0n) is 4.87. The average Bonchev–Trinajstić information content (AvgIpc) is 0.722. The van der Waals surface area contributed by atoms with Crippen LogP contribution in [-0.2, 0) is 38.1 Å². The Morgan fingerprint density at radius 2 is 1.25 bits per heavy atom. The van der Waals surface area contributed by atoms with Gasteiger partial charge in [0, 0.05) is 33.6 Å². The molecule has 0 aromatic heterocycles. The van der Waals surface area contributed by atoms with Crippen molar-refractivity contribution in [3.63, 3.8) is 0 Å². The molecule has 0 saturated carbocycles. The van der Waals surface area contributed by atoms with E-state index in [1.165, 1.54) is 0 Å². The van der Waals surface area contributed by atoms with Gasteiger partial charge >= 0.3 is 26.7 Å². The molecule has 52 valence electrons. The number of hydrogen-bond donors (Lipinski definition) is 3. The van der Waals surface area contributed by atoms with Gasteiger partial charge in [0.15, 0.2) is 0 Å². The molecule has 8 heavy (non-hydrogen) atoms. The fourth-order valence-electron chi connectivity index (χ4n) is 0. The van der Waals surface area contributed by atoms with Gasteiger partial charge in [-0.1, -0.05) is 0 Å². The first kappa shape index (κ1) is 22.6. The second-order valence-electron chi connectivity index (χ2n) is 0.513. The molecular formula is H4FeLiNiO4P. The van der Waals surface area contributed by atoms with Crippen molar-refractivity contribution in [2.75, 3.05) is 0 Å². The summed E-state index contributed by atoms with van der Waals surface area (Å²) in [5, 5.41) is 0. The monoisotopic (exact) mass is 220 g/mol. The van der Waals surface area contributed by atoms with Crippen molar-refractivity contribution in [2.45, 2.75) is 0 Å². The Kier molecular flexibility index (Phi) is 24.6. The summed E-state index contributed by atoms with van der Waals surface area (Å²) in [4.78, 5) is 21.6. The molecular weight excluding hydrogens is 216 g/mol. The fraction of sp³-hybridized carbons (Fsp3) is 0. The second-order valence-corrected chi connectivity index (χ2v) is 1.54. The maximum atomic E-state index is 8.88. The van der Waals surface area contributed by atoms with Crippen molar-refractivity contribution < 1.29 is 73.1 Å². The number of phosphoric acid groups is 1. The summed E-state index contributed by atoms with van der Waals surface area (Å²) in [6.07, 6.45) is 0. The topological polar surface area (TPSA) is 77.8 Å². The first-order chi connectivity index (χ1) is 2.00. The average molecular weight is 220 g/mol. The van der Waals surface area contributed by atoms with E-state index in [0.29, 0.717) is 0 Å². The van der Waals surface area contributed by atoms with Gasteiger partial charge in [-0.2, -0.15) is 0 Å². The quantitative estimate of drug-likeness (QED) is 0.289. The van der Waals surface area contributed by atoms with E-state index in [4.69, 9.17) is 19.2 Å². The van der Waals surface area contributed by atoms with E-state index in [-0.39, 0.29) is 53.8 Å². The van der Waals surface area contributed by atoms with Gasteiger partial charge < -0.3 is 16.1 Å². The van der Waals surface area contributed by atoms with E-state index in [0.717, 1.165) is 0 Å². The molecule has 0 heterocycles. The van der Waals surface area contributed by atoms with Gasteiger partial charge in [0.2, 0.25) is 0 Å². The SMILES string of the molecule is O=P(O)(O)O.[Fe].[H-].[Li+].[Ni]. The fourth-order valence-corrected chi connectivity index (χ4v) is 0. The van der Waals surface area contributed by atoms with Crippen molar-refractivity contribution in [3.8, 4) is 0 Å². The molecule has 0 aliphatic rings. The third kappa shape index (κ3) is 118. The van der Waals surface area contributed by atoms with Crippen LogP contribution in [0.25, 0.3) is 0 Å². The largest absolute Gasteiger partial charge is 1.00 e. The van der Waals surface area contributed by atoms with E-state index in [1.54, 1.807) is 0 Å². The smallest absolute Gasteiger partial charge is 1.00 e. The summed E-state index contributed by atoms with van der Waals surface area (Å²) in [5.41, 5.74) is 0. The molecule has 3 N–H and O–H groups in total. The Bertz CT molecular complexity index is 66.7. The van der Waals surface area contributed by atoms with Crippen LogP contribution in [0, 0.1) is 0 Å². The molecule has 0 spiro atoms. The molecule has 0 aromatic rings. The summed E-state index contributed by atoms with van der Waals surface area (Å²) >= 11 is 0. The standard InChI is InChI=1S/Fe.Li.Ni.H3O4P.H/c;;;1-5(2,3)4;/h;;;(H3,1,2,3,4);/q;+1;;;-1. The molecule has 0 saturated heterocycles. The van der Waals surface area contributed by atoms with Crippen LogP contribution in [0.5, 0.6) is 0 Å². The molecule has 8 heteroatoms. The van der Waals surface area contributed by atoms with Gasteiger partial charge in [-0.25, -0.2) is 4.57 Å². The molecule has 0 unspecified atom stereocenters. The van der Waals surface area contributed by atoms with Crippen LogP contribution in [0.4, 0.5) is 0 Å². The van der Waals surface area contributed by atoms with Crippen molar-refractivity contribution in [1.82, 2.24) is 0 Å². The third-order valence-corrected chi connectivity index (χ3v) is 0. The number of rotatable bonds is 0. The van der Waals surface area contributed by atoms with Crippen LogP contribution in [0.15, 0.2) is 0 Å². The van der Waals surface area contributed by atoms with Crippen LogP contribution in [-0.4, -0.2) is 14.7 Å². The summed E-state index contributed by atoms with van der Waals surface area (Å²) in [6, 6.07) is 0. The molecule has 0 rings (SSSR count). The van der Waals surface area contributed by atoms with Gasteiger partial charge in [0.05, 0.1) is 0 Å². The van der Waals surface area contributed by atoms with Crippen molar-refractivity contribution in [2.24, 2.45) is 0 Å². The van der Waals surface area contributed by atoms with Crippen LogP contribution in [0.2, 0.25) is 0 Å². The van der Waals surface area contributed by atoms with Gasteiger partial charge in [0.1, 0.15) is 0 Å². The zero-order chi connectivity index (χ0) is 4.50. The molecule has 0 aliphatic carbocycles.